The first-order valence-corrected chi connectivity index (χ1v) is 6.27. The Morgan fingerprint density at radius 3 is 2.27 bits per heavy atom. The van der Waals surface area contributed by atoms with Crippen molar-refractivity contribution in [3.63, 3.8) is 0 Å². The molecule has 8 nitrogen and oxygen atoms in total. The van der Waals surface area contributed by atoms with Gasteiger partial charge in [0, 0.05) is 0 Å². The van der Waals surface area contributed by atoms with Crippen LogP contribution in [0.4, 0.5) is 0 Å². The lowest BCUT2D eigenvalue weighted by atomic mass is 9.76. The Morgan fingerprint density at radius 2 is 1.82 bits per heavy atom. The van der Waals surface area contributed by atoms with Crippen LogP contribution in [0.1, 0.15) is 11.6 Å². The molecule has 0 aromatic heterocycles. The smallest absolute Gasteiger partial charge is 0.333 e. The molecule has 1 aromatic carbocycles. The van der Waals surface area contributed by atoms with E-state index in [0.29, 0.717) is 5.56 Å². The molecule has 2 rings (SSSR count). The third-order valence-electron chi connectivity index (χ3n) is 3.50. The number of benzene rings is 1. The van der Waals surface area contributed by atoms with Gasteiger partial charge in [0.15, 0.2) is 0 Å². The second-order valence-corrected chi connectivity index (χ2v) is 4.67. The largest absolute Gasteiger partial charge is 0.468 e. The zero-order chi connectivity index (χ0) is 16.5. The fourth-order valence-electron chi connectivity index (χ4n) is 2.46. The molecule has 0 radical (unpaired) electrons. The third kappa shape index (κ3) is 1.96. The van der Waals surface area contributed by atoms with Gasteiger partial charge < -0.3 is 21.6 Å². The second-order valence-electron chi connectivity index (χ2n) is 4.67. The predicted molar refractivity (Wildman–Crippen MR) is 77.2 cm³/mol. The van der Waals surface area contributed by atoms with Gasteiger partial charge in [0.25, 0.3) is 5.91 Å². The summed E-state index contributed by atoms with van der Waals surface area (Å²) in [5, 5.41) is 8.21. The van der Waals surface area contributed by atoms with E-state index in [4.69, 9.17) is 16.9 Å². The topological polar surface area (TPSA) is 149 Å². The number of esters is 1. The maximum atomic E-state index is 12.1. The van der Waals surface area contributed by atoms with Crippen molar-refractivity contribution in [3.8, 4) is 0 Å². The summed E-state index contributed by atoms with van der Waals surface area (Å²) in [5.41, 5.74) is 7.63. The van der Waals surface area contributed by atoms with Crippen molar-refractivity contribution >= 4 is 29.2 Å². The number of hydrogen-bond acceptors (Lipinski definition) is 6. The molecule has 2 amide bonds. The Hall–Kier alpha value is -3.03. The summed E-state index contributed by atoms with van der Waals surface area (Å²) in [5.74, 6) is -3.48. The second kappa shape index (κ2) is 5.40. The number of ether oxygens (including phenoxy) is 1. The minimum Gasteiger partial charge on any atom is -0.468 e. The van der Waals surface area contributed by atoms with Crippen LogP contribution in [0, 0.1) is 10.8 Å². The van der Waals surface area contributed by atoms with Gasteiger partial charge in [-0.3, -0.25) is 19.4 Å². The van der Waals surface area contributed by atoms with Gasteiger partial charge in [-0.05, 0) is 5.56 Å². The van der Waals surface area contributed by atoms with E-state index in [0.717, 1.165) is 7.11 Å². The number of carbonyl (C=O) groups excluding carboxylic acids is 3. The lowest BCUT2D eigenvalue weighted by Gasteiger charge is -2.24. The Bertz CT molecular complexity index is 698. The fraction of sp³-hybridized carbons (Fsp3) is 0.214. The van der Waals surface area contributed by atoms with Crippen LogP contribution in [0.5, 0.6) is 0 Å². The number of rotatable bonds is 4. The standard InChI is InChI=1S/C14H14N4O4/c1-22-13(21)14(12(17)20)9(15)8(18-10(14)11(16)19)7-5-3-2-4-6-7/h2-6,8,15H,1H3,(H2,16,19)(H2,17,20). The number of aliphatic imine (C=N–C) groups is 1. The molecule has 1 aromatic rings. The van der Waals surface area contributed by atoms with E-state index in [1.54, 1.807) is 30.3 Å². The number of methoxy groups -OCH3 is 1. The van der Waals surface area contributed by atoms with E-state index in [1.807, 2.05) is 0 Å². The van der Waals surface area contributed by atoms with E-state index in [1.165, 1.54) is 0 Å². The predicted octanol–water partition coefficient (Wildman–Crippen LogP) is -0.668. The lowest BCUT2D eigenvalue weighted by Crippen LogP contribution is -2.57. The number of nitrogens with one attached hydrogen (secondary N) is 1. The van der Waals surface area contributed by atoms with E-state index in [2.05, 4.69) is 9.73 Å². The maximum absolute atomic E-state index is 12.1. The molecule has 114 valence electrons. The fourth-order valence-corrected chi connectivity index (χ4v) is 2.46. The van der Waals surface area contributed by atoms with Crippen molar-refractivity contribution in [3.05, 3.63) is 35.9 Å². The van der Waals surface area contributed by atoms with Crippen LogP contribution < -0.4 is 11.5 Å². The van der Waals surface area contributed by atoms with Crippen LogP contribution in [-0.2, 0) is 19.1 Å². The molecule has 2 unspecified atom stereocenters. The van der Waals surface area contributed by atoms with E-state index < -0.39 is 40.7 Å². The molecule has 5 N–H and O–H groups in total. The van der Waals surface area contributed by atoms with Crippen LogP contribution in [0.25, 0.3) is 0 Å². The van der Waals surface area contributed by atoms with Crippen LogP contribution in [-0.4, -0.2) is 36.3 Å². The van der Waals surface area contributed by atoms with Gasteiger partial charge in [-0.1, -0.05) is 30.3 Å². The minimum atomic E-state index is -2.39. The van der Waals surface area contributed by atoms with Crippen LogP contribution >= 0.6 is 0 Å². The lowest BCUT2D eigenvalue weighted by molar-refractivity contribution is -0.149. The van der Waals surface area contributed by atoms with Crippen molar-refractivity contribution in [1.82, 2.24) is 0 Å². The highest BCUT2D eigenvalue weighted by atomic mass is 16.5. The van der Waals surface area contributed by atoms with Crippen molar-refractivity contribution in [2.24, 2.45) is 21.9 Å². The van der Waals surface area contributed by atoms with Crippen LogP contribution in [0.3, 0.4) is 0 Å². The molecule has 1 heterocycles. The molecular weight excluding hydrogens is 288 g/mol. The summed E-state index contributed by atoms with van der Waals surface area (Å²) in [6.07, 6.45) is 0. The molecule has 0 fully saturated rings. The van der Waals surface area contributed by atoms with Crippen LogP contribution in [0.2, 0.25) is 0 Å². The number of amides is 2. The normalized spacial score (nSPS) is 23.8. The summed E-state index contributed by atoms with van der Waals surface area (Å²) in [6, 6.07) is 7.44. The van der Waals surface area contributed by atoms with Gasteiger partial charge in [0.1, 0.15) is 11.8 Å². The van der Waals surface area contributed by atoms with Gasteiger partial charge in [0.2, 0.25) is 11.3 Å². The summed E-state index contributed by atoms with van der Waals surface area (Å²) >= 11 is 0. The minimum absolute atomic E-state index is 0.452. The first-order chi connectivity index (χ1) is 10.4. The third-order valence-corrected chi connectivity index (χ3v) is 3.50. The molecule has 2 atom stereocenters. The van der Waals surface area contributed by atoms with E-state index >= 15 is 0 Å². The monoisotopic (exact) mass is 302 g/mol. The van der Waals surface area contributed by atoms with E-state index in [-0.39, 0.29) is 0 Å². The number of primary amides is 2. The highest BCUT2D eigenvalue weighted by Crippen LogP contribution is 2.39. The maximum Gasteiger partial charge on any atom is 0.333 e. The first-order valence-electron chi connectivity index (χ1n) is 6.27. The van der Waals surface area contributed by atoms with Crippen molar-refractivity contribution in [2.45, 2.75) is 6.04 Å². The molecule has 22 heavy (non-hydrogen) atoms. The molecule has 8 heteroatoms. The molecule has 1 aliphatic rings. The average Bonchev–Trinajstić information content (AvgIpc) is 2.82. The van der Waals surface area contributed by atoms with Gasteiger partial charge in [-0.2, -0.15) is 0 Å². The Balaban J connectivity index is 2.68. The van der Waals surface area contributed by atoms with Gasteiger partial charge in [-0.15, -0.1) is 0 Å². The number of hydrogen-bond donors (Lipinski definition) is 3. The number of nitrogens with zero attached hydrogens (tertiary/aromatic N) is 1. The molecule has 0 bridgehead atoms. The Morgan fingerprint density at radius 1 is 1.23 bits per heavy atom. The summed E-state index contributed by atoms with van der Waals surface area (Å²) < 4.78 is 4.56. The zero-order valence-corrected chi connectivity index (χ0v) is 11.7. The molecular formula is C14H14N4O4. The molecule has 0 aliphatic carbocycles. The zero-order valence-electron chi connectivity index (χ0n) is 11.7. The SMILES string of the molecule is COC(=O)C1(C(N)=O)C(=N)C(c2ccccc2)N=C1C(N)=O. The average molecular weight is 302 g/mol. The molecule has 0 saturated carbocycles. The number of carbonyl (C=O) groups is 3. The van der Waals surface area contributed by atoms with Gasteiger partial charge in [-0.25, -0.2) is 0 Å². The summed E-state index contributed by atoms with van der Waals surface area (Å²) in [4.78, 5) is 39.7. The van der Waals surface area contributed by atoms with Crippen molar-refractivity contribution in [2.75, 3.05) is 7.11 Å². The quantitative estimate of drug-likeness (QED) is 0.499. The summed E-state index contributed by atoms with van der Waals surface area (Å²) in [6.45, 7) is 0. The number of nitrogens with two attached hydrogens (primary N) is 2. The summed E-state index contributed by atoms with van der Waals surface area (Å²) in [7, 11) is 1.02. The van der Waals surface area contributed by atoms with Crippen LogP contribution in [0.15, 0.2) is 35.3 Å². The van der Waals surface area contributed by atoms with Gasteiger partial charge in [0.05, 0.1) is 12.8 Å². The highest BCUT2D eigenvalue weighted by Gasteiger charge is 2.62. The van der Waals surface area contributed by atoms with Crippen molar-refractivity contribution in [1.29, 1.82) is 5.41 Å². The Kier molecular flexibility index (Phi) is 3.77. The van der Waals surface area contributed by atoms with Gasteiger partial charge >= 0.3 is 5.97 Å². The van der Waals surface area contributed by atoms with E-state index in [9.17, 15) is 14.4 Å². The molecule has 0 saturated heterocycles. The first kappa shape index (κ1) is 15.4. The molecule has 1 aliphatic heterocycles. The highest BCUT2D eigenvalue weighted by molar-refractivity contribution is 6.58. The molecule has 0 spiro atoms. The van der Waals surface area contributed by atoms with Crippen molar-refractivity contribution < 1.29 is 19.1 Å². The Labute approximate surface area is 125 Å².